The predicted octanol–water partition coefficient (Wildman–Crippen LogP) is 3.90. The van der Waals surface area contributed by atoms with Gasteiger partial charge in [0.2, 0.25) is 0 Å². The molecule has 1 N–H and O–H groups in total. The third-order valence-corrected chi connectivity index (χ3v) is 2.87. The number of aromatic carboxylic acids is 1. The van der Waals surface area contributed by atoms with Crippen molar-refractivity contribution < 1.29 is 23.4 Å². The molecule has 2 rings (SSSR count). The van der Waals surface area contributed by atoms with Crippen LogP contribution in [0.5, 0.6) is 5.75 Å². The van der Waals surface area contributed by atoms with Crippen molar-refractivity contribution in [2.24, 2.45) is 0 Å². The second-order valence-electron chi connectivity index (χ2n) is 3.98. The zero-order chi connectivity index (χ0) is 14.7. The summed E-state index contributed by atoms with van der Waals surface area (Å²) < 4.78 is 31.9. The Kier molecular flexibility index (Phi) is 4.20. The lowest BCUT2D eigenvalue weighted by Crippen LogP contribution is -2.03. The first kappa shape index (κ1) is 14.3. The van der Waals surface area contributed by atoms with E-state index < -0.39 is 23.2 Å². The summed E-state index contributed by atoms with van der Waals surface area (Å²) in [5.74, 6) is -2.55. The predicted molar refractivity (Wildman–Crippen MR) is 69.1 cm³/mol. The third-order valence-electron chi connectivity index (χ3n) is 2.56. The van der Waals surface area contributed by atoms with Gasteiger partial charge >= 0.3 is 5.97 Å². The van der Waals surface area contributed by atoms with E-state index in [1.807, 2.05) is 0 Å². The van der Waals surface area contributed by atoms with Gasteiger partial charge in [-0.2, -0.15) is 0 Å². The van der Waals surface area contributed by atoms with E-state index in [4.69, 9.17) is 21.4 Å². The fraction of sp³-hybridized carbons (Fsp3) is 0.0714. The molecule has 0 radical (unpaired) electrons. The maximum Gasteiger partial charge on any atom is 0.338 e. The summed E-state index contributed by atoms with van der Waals surface area (Å²) in [4.78, 5) is 10.7. The molecule has 0 aliphatic heterocycles. The highest BCUT2D eigenvalue weighted by Gasteiger charge is 2.10. The lowest BCUT2D eigenvalue weighted by molar-refractivity contribution is 0.0692. The lowest BCUT2D eigenvalue weighted by atomic mass is 10.1. The normalized spacial score (nSPS) is 10.3. The standard InChI is InChI=1S/C14H9ClF2O3/c15-11-4-2-9(6-13(11)17)20-7-8-1-3-10(14(18)19)12(16)5-8/h1-6H,7H2,(H,18,19). The Bertz CT molecular complexity index is 659. The van der Waals surface area contributed by atoms with Gasteiger partial charge in [-0.25, -0.2) is 13.6 Å². The van der Waals surface area contributed by atoms with E-state index in [0.29, 0.717) is 5.56 Å². The van der Waals surface area contributed by atoms with E-state index in [1.54, 1.807) is 0 Å². The van der Waals surface area contributed by atoms with E-state index in [-0.39, 0.29) is 17.4 Å². The van der Waals surface area contributed by atoms with Gasteiger partial charge in [0.25, 0.3) is 0 Å². The van der Waals surface area contributed by atoms with Gasteiger partial charge in [0, 0.05) is 6.07 Å². The van der Waals surface area contributed by atoms with Crippen LogP contribution >= 0.6 is 11.6 Å². The number of carbonyl (C=O) groups is 1. The molecule has 0 atom stereocenters. The van der Waals surface area contributed by atoms with Crippen molar-refractivity contribution in [2.45, 2.75) is 6.61 Å². The summed E-state index contributed by atoms with van der Waals surface area (Å²) >= 11 is 5.53. The van der Waals surface area contributed by atoms with Gasteiger partial charge in [0.15, 0.2) is 0 Å². The summed E-state index contributed by atoms with van der Waals surface area (Å²) in [7, 11) is 0. The van der Waals surface area contributed by atoms with E-state index in [1.165, 1.54) is 18.2 Å². The topological polar surface area (TPSA) is 46.5 Å². The van der Waals surface area contributed by atoms with E-state index >= 15 is 0 Å². The van der Waals surface area contributed by atoms with Gasteiger partial charge in [0.1, 0.15) is 24.0 Å². The molecule has 2 aromatic carbocycles. The zero-order valence-corrected chi connectivity index (χ0v) is 10.8. The van der Waals surface area contributed by atoms with Crippen LogP contribution < -0.4 is 4.74 Å². The molecule has 0 spiro atoms. The summed E-state index contributed by atoms with van der Waals surface area (Å²) in [5.41, 5.74) is 0.0224. The molecule has 0 aliphatic carbocycles. The second-order valence-corrected chi connectivity index (χ2v) is 4.39. The number of carboxylic acids is 1. The molecule has 0 saturated carbocycles. The Morgan fingerprint density at radius 2 is 1.90 bits per heavy atom. The van der Waals surface area contributed by atoms with Crippen molar-refractivity contribution in [3.63, 3.8) is 0 Å². The number of halogens is 3. The quantitative estimate of drug-likeness (QED) is 0.931. The minimum Gasteiger partial charge on any atom is -0.489 e. The Balaban J connectivity index is 2.09. The Labute approximate surface area is 118 Å². The Morgan fingerprint density at radius 3 is 2.50 bits per heavy atom. The average Bonchev–Trinajstić information content (AvgIpc) is 2.40. The van der Waals surface area contributed by atoms with Crippen molar-refractivity contribution in [3.05, 3.63) is 64.2 Å². The monoisotopic (exact) mass is 298 g/mol. The zero-order valence-electron chi connectivity index (χ0n) is 10.1. The molecule has 6 heteroatoms. The third kappa shape index (κ3) is 3.24. The maximum absolute atomic E-state index is 13.4. The number of ether oxygens (including phenoxy) is 1. The largest absolute Gasteiger partial charge is 0.489 e. The minimum atomic E-state index is -1.34. The van der Waals surface area contributed by atoms with Gasteiger partial charge in [-0.05, 0) is 29.8 Å². The molecular weight excluding hydrogens is 290 g/mol. The SMILES string of the molecule is O=C(O)c1ccc(COc2ccc(Cl)c(F)c2)cc1F. The molecule has 0 aromatic heterocycles. The molecular formula is C14H9ClF2O3. The molecule has 20 heavy (non-hydrogen) atoms. The molecule has 0 saturated heterocycles. The highest BCUT2D eigenvalue weighted by molar-refractivity contribution is 6.30. The van der Waals surface area contributed by atoms with Gasteiger partial charge in [-0.1, -0.05) is 17.7 Å². The molecule has 0 aliphatic rings. The molecule has 0 bridgehead atoms. The molecule has 3 nitrogen and oxygen atoms in total. The number of hydrogen-bond donors (Lipinski definition) is 1. The van der Waals surface area contributed by atoms with Crippen LogP contribution in [0, 0.1) is 11.6 Å². The van der Waals surface area contributed by atoms with Crippen LogP contribution in [0.25, 0.3) is 0 Å². The highest BCUT2D eigenvalue weighted by Crippen LogP contribution is 2.21. The average molecular weight is 299 g/mol. The first-order valence-corrected chi connectivity index (χ1v) is 5.95. The van der Waals surface area contributed by atoms with Crippen LogP contribution in [0.4, 0.5) is 8.78 Å². The number of carboxylic acid groups (broad SMARTS) is 1. The summed E-state index contributed by atoms with van der Waals surface area (Å²) in [6.45, 7) is -0.0160. The van der Waals surface area contributed by atoms with Crippen molar-refractivity contribution in [1.29, 1.82) is 0 Å². The maximum atomic E-state index is 13.4. The fourth-order valence-corrected chi connectivity index (χ4v) is 1.67. The first-order valence-electron chi connectivity index (χ1n) is 5.57. The fourth-order valence-electron chi connectivity index (χ4n) is 1.56. The van der Waals surface area contributed by atoms with Crippen molar-refractivity contribution in [3.8, 4) is 5.75 Å². The lowest BCUT2D eigenvalue weighted by Gasteiger charge is -2.07. The molecule has 0 fully saturated rings. The van der Waals surface area contributed by atoms with Crippen LogP contribution in [0.15, 0.2) is 36.4 Å². The van der Waals surface area contributed by atoms with Crippen LogP contribution in [-0.2, 0) is 6.61 Å². The van der Waals surface area contributed by atoms with Crippen molar-refractivity contribution in [2.75, 3.05) is 0 Å². The molecule has 0 unspecified atom stereocenters. The van der Waals surface area contributed by atoms with Crippen LogP contribution in [0.3, 0.4) is 0 Å². The summed E-state index contributed by atoms with van der Waals surface area (Å²) in [6, 6.07) is 7.59. The van der Waals surface area contributed by atoms with Crippen LogP contribution in [-0.4, -0.2) is 11.1 Å². The van der Waals surface area contributed by atoms with Crippen LogP contribution in [0.1, 0.15) is 15.9 Å². The number of hydrogen-bond acceptors (Lipinski definition) is 2. The smallest absolute Gasteiger partial charge is 0.338 e. The van der Waals surface area contributed by atoms with Gasteiger partial charge in [-0.3, -0.25) is 0 Å². The Morgan fingerprint density at radius 1 is 1.15 bits per heavy atom. The van der Waals surface area contributed by atoms with Gasteiger partial charge in [-0.15, -0.1) is 0 Å². The van der Waals surface area contributed by atoms with Crippen LogP contribution in [0.2, 0.25) is 5.02 Å². The van der Waals surface area contributed by atoms with E-state index in [0.717, 1.165) is 18.2 Å². The molecule has 104 valence electrons. The number of benzene rings is 2. The molecule has 2 aromatic rings. The summed E-state index contributed by atoms with van der Waals surface area (Å²) in [5, 5.41) is 8.68. The van der Waals surface area contributed by atoms with Gasteiger partial charge in [0.05, 0.1) is 10.6 Å². The van der Waals surface area contributed by atoms with Crippen molar-refractivity contribution in [1.82, 2.24) is 0 Å². The second kappa shape index (κ2) is 5.88. The van der Waals surface area contributed by atoms with E-state index in [9.17, 15) is 13.6 Å². The highest BCUT2D eigenvalue weighted by atomic mass is 35.5. The van der Waals surface area contributed by atoms with E-state index in [2.05, 4.69) is 0 Å². The number of rotatable bonds is 4. The van der Waals surface area contributed by atoms with Crippen molar-refractivity contribution >= 4 is 17.6 Å². The molecule has 0 heterocycles. The Hall–Kier alpha value is -2.14. The minimum absolute atomic E-state index is 0.0160. The van der Waals surface area contributed by atoms with Gasteiger partial charge < -0.3 is 9.84 Å². The summed E-state index contributed by atoms with van der Waals surface area (Å²) in [6.07, 6.45) is 0. The first-order chi connectivity index (χ1) is 9.47. The molecule has 0 amide bonds.